The highest BCUT2D eigenvalue weighted by Crippen LogP contribution is 2.38. The van der Waals surface area contributed by atoms with Crippen molar-refractivity contribution in [1.29, 1.82) is 0 Å². The van der Waals surface area contributed by atoms with Crippen molar-refractivity contribution in [1.82, 2.24) is 9.80 Å². The van der Waals surface area contributed by atoms with E-state index in [1.165, 1.54) is 4.90 Å². The van der Waals surface area contributed by atoms with Crippen LogP contribution in [0.3, 0.4) is 0 Å². The van der Waals surface area contributed by atoms with E-state index in [0.717, 1.165) is 36.0 Å². The number of benzene rings is 3. The molecule has 0 unspecified atom stereocenters. The molecule has 6 nitrogen and oxygen atoms in total. The lowest BCUT2D eigenvalue weighted by Crippen LogP contribution is -2.47. The van der Waals surface area contributed by atoms with Gasteiger partial charge in [0.1, 0.15) is 11.4 Å². The van der Waals surface area contributed by atoms with Crippen molar-refractivity contribution >= 4 is 33.8 Å². The second-order valence-corrected chi connectivity index (χ2v) is 8.32. The zero-order valence-electron chi connectivity index (χ0n) is 19.0. The maximum atomic E-state index is 13.9. The Hall–Kier alpha value is -3.64. The first-order chi connectivity index (χ1) is 16.1. The summed E-state index contributed by atoms with van der Waals surface area (Å²) in [7, 11) is 1.61. The highest BCUT2D eigenvalue weighted by atomic mass is 16.5. The molecule has 33 heavy (non-hydrogen) atoms. The number of hydrogen-bond donors (Lipinski definition) is 0. The molecule has 2 heterocycles. The lowest BCUT2D eigenvalue weighted by molar-refractivity contribution is -0.120. The normalized spacial score (nSPS) is 17.4. The summed E-state index contributed by atoms with van der Waals surface area (Å²) in [5, 5.41) is 1.87. The van der Waals surface area contributed by atoms with Crippen molar-refractivity contribution in [3.8, 4) is 5.75 Å². The second kappa shape index (κ2) is 8.71. The largest absolute Gasteiger partial charge is 0.497 e. The molecule has 0 aliphatic carbocycles. The Balaban J connectivity index is 1.62. The molecule has 2 aliphatic heterocycles. The number of amides is 2. The van der Waals surface area contributed by atoms with E-state index in [1.807, 2.05) is 66.7 Å². The lowest BCUT2D eigenvalue weighted by atomic mass is 10.0. The van der Waals surface area contributed by atoms with Crippen LogP contribution in [0.1, 0.15) is 12.5 Å². The third-order valence-electron chi connectivity index (χ3n) is 6.58. The smallest absolute Gasteiger partial charge is 0.282 e. The first-order valence-electron chi connectivity index (χ1n) is 11.3. The number of rotatable bonds is 5. The standard InChI is InChI=1S/C27H27N3O3/c1-3-28-15-17-29(18-16-28)25-24(20-11-13-21(33-2)14-12-20)26(31)30(27(25)32)23-10-6-8-19-7-4-5-9-22(19)23/h4-14H,3,15-18H2,1-2H3. The Morgan fingerprint density at radius 3 is 2.21 bits per heavy atom. The summed E-state index contributed by atoms with van der Waals surface area (Å²) < 4.78 is 5.29. The SMILES string of the molecule is CCN1CCN(C2=C(c3ccc(OC)cc3)C(=O)N(c3cccc4ccccc34)C2=O)CC1. The molecular weight excluding hydrogens is 414 g/mol. The molecule has 5 rings (SSSR count). The van der Waals surface area contributed by atoms with Crippen molar-refractivity contribution in [2.24, 2.45) is 0 Å². The number of nitrogens with zero attached hydrogens (tertiary/aromatic N) is 3. The van der Waals surface area contributed by atoms with Crippen LogP contribution in [0.5, 0.6) is 5.75 Å². The monoisotopic (exact) mass is 441 g/mol. The molecule has 1 fully saturated rings. The van der Waals surface area contributed by atoms with Gasteiger partial charge in [-0.2, -0.15) is 0 Å². The quantitative estimate of drug-likeness (QED) is 0.564. The first kappa shape index (κ1) is 21.2. The fraction of sp³-hybridized carbons (Fsp3) is 0.259. The van der Waals surface area contributed by atoms with Crippen molar-refractivity contribution in [3.05, 3.63) is 78.0 Å². The maximum absolute atomic E-state index is 13.9. The summed E-state index contributed by atoms with van der Waals surface area (Å²) >= 11 is 0. The summed E-state index contributed by atoms with van der Waals surface area (Å²) in [6.07, 6.45) is 0. The van der Waals surface area contributed by atoms with Gasteiger partial charge in [0, 0.05) is 31.6 Å². The number of fused-ring (bicyclic) bond motifs is 1. The van der Waals surface area contributed by atoms with Crippen LogP contribution in [-0.4, -0.2) is 61.4 Å². The Kier molecular flexibility index (Phi) is 5.60. The fourth-order valence-electron chi connectivity index (χ4n) is 4.74. The molecule has 2 aliphatic rings. The van der Waals surface area contributed by atoms with Crippen molar-refractivity contribution < 1.29 is 14.3 Å². The van der Waals surface area contributed by atoms with Gasteiger partial charge in [-0.15, -0.1) is 0 Å². The molecule has 3 aromatic carbocycles. The third-order valence-corrected chi connectivity index (χ3v) is 6.58. The van der Waals surface area contributed by atoms with Crippen molar-refractivity contribution in [2.45, 2.75) is 6.92 Å². The minimum atomic E-state index is -0.283. The molecule has 1 saturated heterocycles. The Morgan fingerprint density at radius 1 is 0.818 bits per heavy atom. The van der Waals surface area contributed by atoms with Crippen LogP contribution in [0.2, 0.25) is 0 Å². The number of piperazine rings is 1. The van der Waals surface area contributed by atoms with Crippen LogP contribution in [0.25, 0.3) is 16.3 Å². The fourth-order valence-corrected chi connectivity index (χ4v) is 4.74. The van der Waals surface area contributed by atoms with E-state index < -0.39 is 0 Å². The average Bonchev–Trinajstić information content (AvgIpc) is 3.13. The molecule has 3 aromatic rings. The van der Waals surface area contributed by atoms with Crippen LogP contribution < -0.4 is 9.64 Å². The minimum absolute atomic E-state index is 0.257. The van der Waals surface area contributed by atoms with Gasteiger partial charge < -0.3 is 14.5 Å². The lowest BCUT2D eigenvalue weighted by Gasteiger charge is -2.36. The summed E-state index contributed by atoms with van der Waals surface area (Å²) in [5.74, 6) is 0.168. The van der Waals surface area contributed by atoms with Gasteiger partial charge in [-0.3, -0.25) is 9.59 Å². The van der Waals surface area contributed by atoms with Gasteiger partial charge in [0.2, 0.25) is 0 Å². The zero-order chi connectivity index (χ0) is 22.9. The summed E-state index contributed by atoms with van der Waals surface area (Å²) in [6.45, 7) is 6.28. The summed E-state index contributed by atoms with van der Waals surface area (Å²) in [4.78, 5) is 33.5. The average molecular weight is 442 g/mol. The predicted molar refractivity (Wildman–Crippen MR) is 130 cm³/mol. The number of carbonyl (C=O) groups excluding carboxylic acids is 2. The number of ether oxygens (including phenoxy) is 1. The van der Waals surface area contributed by atoms with Crippen LogP contribution in [-0.2, 0) is 9.59 Å². The summed E-state index contributed by atoms with van der Waals surface area (Å²) in [6, 6.07) is 20.9. The van der Waals surface area contributed by atoms with Crippen LogP contribution in [0, 0.1) is 0 Å². The van der Waals surface area contributed by atoms with E-state index in [0.29, 0.717) is 35.8 Å². The molecule has 0 bridgehead atoms. The molecule has 0 spiro atoms. The molecule has 6 heteroatoms. The van der Waals surface area contributed by atoms with Gasteiger partial charge in [-0.05, 0) is 35.7 Å². The Morgan fingerprint density at radius 2 is 1.52 bits per heavy atom. The molecule has 0 saturated carbocycles. The molecule has 0 aromatic heterocycles. The van der Waals surface area contributed by atoms with Gasteiger partial charge in [0.25, 0.3) is 11.8 Å². The number of anilines is 1. The topological polar surface area (TPSA) is 53.1 Å². The summed E-state index contributed by atoms with van der Waals surface area (Å²) in [5.41, 5.74) is 2.30. The number of likely N-dealkylation sites (N-methyl/N-ethyl adjacent to an activating group) is 1. The molecule has 0 atom stereocenters. The van der Waals surface area contributed by atoms with E-state index >= 15 is 0 Å². The number of carbonyl (C=O) groups is 2. The molecule has 168 valence electrons. The van der Waals surface area contributed by atoms with Gasteiger partial charge in [-0.25, -0.2) is 4.90 Å². The second-order valence-electron chi connectivity index (χ2n) is 8.32. The number of hydrogen-bond acceptors (Lipinski definition) is 5. The van der Waals surface area contributed by atoms with Crippen LogP contribution in [0.4, 0.5) is 5.69 Å². The zero-order valence-corrected chi connectivity index (χ0v) is 19.0. The van der Waals surface area contributed by atoms with Crippen LogP contribution >= 0.6 is 0 Å². The molecule has 2 amide bonds. The highest BCUT2D eigenvalue weighted by Gasteiger charge is 2.43. The Bertz CT molecular complexity index is 1240. The molecule has 0 N–H and O–H groups in total. The predicted octanol–water partition coefficient (Wildman–Crippen LogP) is 3.77. The number of imide groups is 1. The van der Waals surface area contributed by atoms with E-state index in [-0.39, 0.29) is 11.8 Å². The maximum Gasteiger partial charge on any atom is 0.282 e. The van der Waals surface area contributed by atoms with Gasteiger partial charge in [-0.1, -0.05) is 55.5 Å². The van der Waals surface area contributed by atoms with Crippen molar-refractivity contribution in [2.75, 3.05) is 44.7 Å². The van der Waals surface area contributed by atoms with Gasteiger partial charge >= 0.3 is 0 Å². The first-order valence-corrected chi connectivity index (χ1v) is 11.3. The van der Waals surface area contributed by atoms with E-state index in [2.05, 4.69) is 16.7 Å². The van der Waals surface area contributed by atoms with E-state index in [1.54, 1.807) is 7.11 Å². The van der Waals surface area contributed by atoms with E-state index in [9.17, 15) is 9.59 Å². The van der Waals surface area contributed by atoms with Gasteiger partial charge in [0.15, 0.2) is 0 Å². The van der Waals surface area contributed by atoms with Crippen molar-refractivity contribution in [3.63, 3.8) is 0 Å². The third kappa shape index (κ3) is 3.66. The van der Waals surface area contributed by atoms with Crippen LogP contribution in [0.15, 0.2) is 72.4 Å². The van der Waals surface area contributed by atoms with E-state index in [4.69, 9.17) is 4.74 Å². The Labute approximate surface area is 193 Å². The molecular formula is C27H27N3O3. The van der Waals surface area contributed by atoms with Gasteiger partial charge in [0.05, 0.1) is 18.4 Å². The highest BCUT2D eigenvalue weighted by molar-refractivity contribution is 6.46. The number of methoxy groups -OCH3 is 1. The minimum Gasteiger partial charge on any atom is -0.497 e. The molecule has 0 radical (unpaired) electrons.